The molecular weight excluding hydrogens is 356 g/mol. The van der Waals surface area contributed by atoms with E-state index in [1.54, 1.807) is 6.26 Å². The van der Waals surface area contributed by atoms with Crippen molar-refractivity contribution >= 4 is 11.8 Å². The van der Waals surface area contributed by atoms with Gasteiger partial charge >= 0.3 is 0 Å². The Morgan fingerprint density at radius 1 is 1.29 bits per heavy atom. The van der Waals surface area contributed by atoms with Crippen molar-refractivity contribution in [2.75, 3.05) is 19.6 Å². The quantitative estimate of drug-likeness (QED) is 0.798. The molecule has 28 heavy (non-hydrogen) atoms. The first-order valence-corrected chi connectivity index (χ1v) is 10.1. The summed E-state index contributed by atoms with van der Waals surface area (Å²) >= 11 is 0. The van der Waals surface area contributed by atoms with Crippen LogP contribution in [0.1, 0.15) is 47.1 Å². The van der Waals surface area contributed by atoms with Crippen LogP contribution in [0.25, 0.3) is 0 Å². The molecule has 1 spiro atoms. The molecule has 0 aromatic carbocycles. The van der Waals surface area contributed by atoms with Gasteiger partial charge in [0.15, 0.2) is 0 Å². The van der Waals surface area contributed by atoms with E-state index in [4.69, 9.17) is 9.40 Å². The third-order valence-corrected chi connectivity index (χ3v) is 6.90. The molecule has 148 valence electrons. The number of furan rings is 1. The summed E-state index contributed by atoms with van der Waals surface area (Å²) in [5, 5.41) is 0. The van der Waals surface area contributed by atoms with Crippen molar-refractivity contribution in [3.63, 3.8) is 0 Å². The molecule has 3 atom stereocenters. The Balaban J connectivity index is 1.51. The van der Waals surface area contributed by atoms with Crippen LogP contribution in [0.15, 0.2) is 23.3 Å². The number of aryl methyl sites for hydroxylation is 2. The standard InChI is InChI=1S/C21H26N4O3/c1-13-8-15(13)20(27)25-6-4-17-18(22-12-23(17)3)21(25)5-7-24(11-21)19(26)16-10-28-9-14(16)2/h9-10,12-13,15H,4-8,11H2,1-3H3/t13-,15-,21?/m1/s1. The zero-order chi connectivity index (χ0) is 19.6. The SMILES string of the molecule is Cc1cocc1C(=O)N1CCC2(C1)c1ncn(C)c1CCN2C(=O)[C@@H]1C[C@H]1C. The summed E-state index contributed by atoms with van der Waals surface area (Å²) in [6, 6.07) is 0. The molecule has 1 saturated heterocycles. The van der Waals surface area contributed by atoms with Gasteiger partial charge < -0.3 is 18.8 Å². The van der Waals surface area contributed by atoms with E-state index in [0.29, 0.717) is 31.1 Å². The van der Waals surface area contributed by atoms with Crippen molar-refractivity contribution in [2.24, 2.45) is 18.9 Å². The molecule has 0 radical (unpaired) electrons. The van der Waals surface area contributed by atoms with Crippen LogP contribution in [0.4, 0.5) is 0 Å². The maximum Gasteiger partial charge on any atom is 0.257 e. The van der Waals surface area contributed by atoms with E-state index in [1.807, 2.05) is 30.1 Å². The molecule has 0 bridgehead atoms. The zero-order valence-electron chi connectivity index (χ0n) is 16.6. The summed E-state index contributed by atoms with van der Waals surface area (Å²) in [6.45, 7) is 5.82. The van der Waals surface area contributed by atoms with Crippen molar-refractivity contribution < 1.29 is 14.0 Å². The van der Waals surface area contributed by atoms with Gasteiger partial charge in [-0.25, -0.2) is 4.98 Å². The first kappa shape index (κ1) is 17.5. The van der Waals surface area contributed by atoms with Crippen LogP contribution in [0.3, 0.4) is 0 Å². The molecule has 1 unspecified atom stereocenters. The first-order chi connectivity index (χ1) is 13.4. The average molecular weight is 382 g/mol. The van der Waals surface area contributed by atoms with Gasteiger partial charge in [0.25, 0.3) is 5.91 Å². The number of aromatic nitrogens is 2. The van der Waals surface area contributed by atoms with Gasteiger partial charge in [-0.2, -0.15) is 0 Å². The van der Waals surface area contributed by atoms with Crippen LogP contribution in [0.2, 0.25) is 0 Å². The first-order valence-electron chi connectivity index (χ1n) is 10.1. The highest BCUT2D eigenvalue weighted by atomic mass is 16.3. The molecule has 2 aliphatic heterocycles. The number of rotatable bonds is 2. The molecule has 2 aromatic rings. The van der Waals surface area contributed by atoms with E-state index in [2.05, 4.69) is 11.5 Å². The lowest BCUT2D eigenvalue weighted by Gasteiger charge is -2.44. The number of hydrogen-bond acceptors (Lipinski definition) is 4. The Labute approximate surface area is 164 Å². The molecule has 7 heteroatoms. The summed E-state index contributed by atoms with van der Waals surface area (Å²) in [5.41, 5.74) is 3.08. The number of nitrogens with zero attached hydrogens (tertiary/aromatic N) is 4. The molecule has 2 amide bonds. The van der Waals surface area contributed by atoms with Crippen LogP contribution < -0.4 is 0 Å². The maximum absolute atomic E-state index is 13.3. The Morgan fingerprint density at radius 2 is 2.07 bits per heavy atom. The van der Waals surface area contributed by atoms with Gasteiger partial charge in [-0.05, 0) is 31.2 Å². The second-order valence-corrected chi connectivity index (χ2v) is 8.69. The summed E-state index contributed by atoms with van der Waals surface area (Å²) in [7, 11) is 2.01. The highest BCUT2D eigenvalue weighted by Crippen LogP contribution is 2.47. The van der Waals surface area contributed by atoms with Crippen LogP contribution in [-0.4, -0.2) is 50.8 Å². The molecule has 1 saturated carbocycles. The Hall–Kier alpha value is -2.57. The van der Waals surface area contributed by atoms with Crippen LogP contribution in [-0.2, 0) is 23.8 Å². The molecular formula is C21H26N4O3. The van der Waals surface area contributed by atoms with Crippen molar-refractivity contribution in [1.82, 2.24) is 19.4 Å². The molecule has 4 heterocycles. The monoisotopic (exact) mass is 382 g/mol. The van der Waals surface area contributed by atoms with Crippen molar-refractivity contribution in [3.8, 4) is 0 Å². The lowest BCUT2D eigenvalue weighted by molar-refractivity contribution is -0.140. The largest absolute Gasteiger partial charge is 0.471 e. The number of imidazole rings is 1. The van der Waals surface area contributed by atoms with Crippen molar-refractivity contribution in [1.29, 1.82) is 0 Å². The predicted octanol–water partition coefficient (Wildman–Crippen LogP) is 2.10. The molecule has 1 aliphatic carbocycles. The summed E-state index contributed by atoms with van der Waals surface area (Å²) in [4.78, 5) is 35.0. The fraction of sp³-hybridized carbons (Fsp3) is 0.571. The van der Waals surface area contributed by atoms with E-state index in [0.717, 1.165) is 30.5 Å². The highest BCUT2D eigenvalue weighted by molar-refractivity contribution is 5.95. The topological polar surface area (TPSA) is 71.6 Å². The Bertz CT molecular complexity index is 961. The van der Waals surface area contributed by atoms with E-state index in [9.17, 15) is 9.59 Å². The smallest absolute Gasteiger partial charge is 0.257 e. The van der Waals surface area contributed by atoms with Gasteiger partial charge in [-0.1, -0.05) is 6.92 Å². The van der Waals surface area contributed by atoms with E-state index < -0.39 is 5.54 Å². The third-order valence-electron chi connectivity index (χ3n) is 6.90. The molecule has 0 N–H and O–H groups in total. The molecule has 5 rings (SSSR count). The van der Waals surface area contributed by atoms with Gasteiger partial charge in [0.05, 0.1) is 30.4 Å². The number of likely N-dealkylation sites (tertiary alicyclic amines) is 1. The predicted molar refractivity (Wildman–Crippen MR) is 102 cm³/mol. The highest BCUT2D eigenvalue weighted by Gasteiger charge is 2.55. The van der Waals surface area contributed by atoms with Crippen LogP contribution in [0, 0.1) is 18.8 Å². The minimum absolute atomic E-state index is 0.0293. The second kappa shape index (κ2) is 5.96. The van der Waals surface area contributed by atoms with Gasteiger partial charge in [0.2, 0.25) is 5.91 Å². The number of carbonyl (C=O) groups is 2. The Morgan fingerprint density at radius 3 is 2.75 bits per heavy atom. The summed E-state index contributed by atoms with van der Waals surface area (Å²) in [5.74, 6) is 0.793. The van der Waals surface area contributed by atoms with E-state index in [1.165, 1.54) is 12.0 Å². The fourth-order valence-corrected chi connectivity index (χ4v) is 5.02. The zero-order valence-corrected chi connectivity index (χ0v) is 16.6. The normalized spacial score (nSPS) is 28.7. The van der Waals surface area contributed by atoms with Crippen molar-refractivity contribution in [3.05, 3.63) is 41.4 Å². The van der Waals surface area contributed by atoms with E-state index >= 15 is 0 Å². The third kappa shape index (κ3) is 2.38. The summed E-state index contributed by atoms with van der Waals surface area (Å²) in [6.07, 6.45) is 7.47. The number of fused-ring (bicyclic) bond motifs is 2. The number of amides is 2. The minimum atomic E-state index is -0.512. The lowest BCUT2D eigenvalue weighted by Crippen LogP contribution is -2.56. The lowest BCUT2D eigenvalue weighted by atomic mass is 9.85. The number of carbonyl (C=O) groups excluding carboxylic acids is 2. The molecule has 7 nitrogen and oxygen atoms in total. The average Bonchev–Trinajstić information content (AvgIpc) is 3.05. The van der Waals surface area contributed by atoms with Crippen molar-refractivity contribution in [2.45, 2.75) is 38.6 Å². The second-order valence-electron chi connectivity index (χ2n) is 8.69. The van der Waals surface area contributed by atoms with Gasteiger partial charge in [0.1, 0.15) is 11.8 Å². The maximum atomic E-state index is 13.3. The molecule has 2 fully saturated rings. The van der Waals surface area contributed by atoms with Crippen LogP contribution >= 0.6 is 0 Å². The summed E-state index contributed by atoms with van der Waals surface area (Å²) < 4.78 is 7.26. The minimum Gasteiger partial charge on any atom is -0.471 e. The molecule has 3 aliphatic rings. The van der Waals surface area contributed by atoms with Gasteiger partial charge in [-0.3, -0.25) is 9.59 Å². The Kier molecular flexibility index (Phi) is 3.73. The number of hydrogen-bond donors (Lipinski definition) is 0. The van der Waals surface area contributed by atoms with Crippen LogP contribution in [0.5, 0.6) is 0 Å². The molecule has 2 aromatic heterocycles. The fourth-order valence-electron chi connectivity index (χ4n) is 5.02. The van der Waals surface area contributed by atoms with E-state index in [-0.39, 0.29) is 17.7 Å². The van der Waals surface area contributed by atoms with Gasteiger partial charge in [-0.15, -0.1) is 0 Å². The van der Waals surface area contributed by atoms with Gasteiger partial charge in [0, 0.05) is 38.2 Å².